The van der Waals surface area contributed by atoms with E-state index in [1.807, 2.05) is 24.6 Å². The quantitative estimate of drug-likeness (QED) is 0.759. The van der Waals surface area contributed by atoms with Crippen LogP contribution >= 0.6 is 0 Å². The first-order valence-electron chi connectivity index (χ1n) is 5.63. The molecular weight excluding hydrogens is 220 g/mol. The molecule has 0 radical (unpaired) electrons. The molecule has 0 spiro atoms. The molecule has 0 aliphatic heterocycles. The fourth-order valence-corrected chi connectivity index (χ4v) is 1.65. The minimum atomic E-state index is -0.160. The first-order valence-corrected chi connectivity index (χ1v) is 5.63. The monoisotopic (exact) mass is 240 g/mol. The topological polar surface area (TPSA) is 63.5 Å². The highest BCUT2D eigenvalue weighted by molar-refractivity contribution is 5.93. The Morgan fingerprint density at radius 2 is 2.29 bits per heavy atom. The molecule has 0 bridgehead atoms. The van der Waals surface area contributed by atoms with Crippen LogP contribution in [0.1, 0.15) is 22.6 Å². The summed E-state index contributed by atoms with van der Waals surface area (Å²) in [6.07, 6.45) is 0.489. The van der Waals surface area contributed by atoms with Gasteiger partial charge in [-0.3, -0.25) is 4.79 Å². The Labute approximate surface area is 101 Å². The zero-order chi connectivity index (χ0) is 12.8. The van der Waals surface area contributed by atoms with E-state index in [0.29, 0.717) is 18.7 Å². The van der Waals surface area contributed by atoms with Crippen molar-refractivity contribution in [2.24, 2.45) is 7.05 Å². The molecule has 5 heteroatoms. The Kier molecular flexibility index (Phi) is 5.18. The zero-order valence-electron chi connectivity index (χ0n) is 10.6. The molecule has 96 valence electrons. The number of methoxy groups -OCH3 is 1. The molecule has 1 rings (SSSR count). The summed E-state index contributed by atoms with van der Waals surface area (Å²) in [4.78, 5) is 12.0. The van der Waals surface area contributed by atoms with E-state index >= 15 is 0 Å². The molecule has 0 aliphatic rings. The van der Waals surface area contributed by atoms with Gasteiger partial charge in [-0.2, -0.15) is 0 Å². The van der Waals surface area contributed by atoms with Gasteiger partial charge in [0, 0.05) is 26.5 Å². The number of hydrogen-bond donors (Lipinski definition) is 2. The van der Waals surface area contributed by atoms with Gasteiger partial charge in [-0.15, -0.1) is 0 Å². The number of aliphatic hydroxyl groups excluding tert-OH is 1. The Hall–Kier alpha value is -1.33. The Bertz CT molecular complexity index is 368. The highest BCUT2D eigenvalue weighted by Gasteiger charge is 2.15. The molecule has 2 N–H and O–H groups in total. The van der Waals surface area contributed by atoms with Crippen molar-refractivity contribution in [3.8, 4) is 0 Å². The Balaban J connectivity index is 2.66. The van der Waals surface area contributed by atoms with Gasteiger partial charge in [0.15, 0.2) is 0 Å². The normalized spacial score (nSPS) is 12.5. The number of carbonyl (C=O) groups is 1. The second kappa shape index (κ2) is 6.42. The van der Waals surface area contributed by atoms with Crippen LogP contribution in [-0.2, 0) is 11.8 Å². The summed E-state index contributed by atoms with van der Waals surface area (Å²) in [5, 5.41) is 11.7. The molecule has 5 nitrogen and oxygen atoms in total. The first kappa shape index (κ1) is 13.7. The SMILES string of the molecule is COCC(CCO)NC(=O)c1ccc(C)n1C. The van der Waals surface area contributed by atoms with Crippen LogP contribution < -0.4 is 5.32 Å². The fraction of sp³-hybridized carbons (Fsp3) is 0.583. The number of aryl methyl sites for hydroxylation is 1. The van der Waals surface area contributed by atoms with Gasteiger partial charge >= 0.3 is 0 Å². The van der Waals surface area contributed by atoms with Crippen molar-refractivity contribution in [2.75, 3.05) is 20.3 Å². The number of aromatic nitrogens is 1. The van der Waals surface area contributed by atoms with E-state index in [2.05, 4.69) is 5.32 Å². The molecule has 0 fully saturated rings. The van der Waals surface area contributed by atoms with Crippen molar-refractivity contribution in [3.63, 3.8) is 0 Å². The van der Waals surface area contributed by atoms with Crippen LogP contribution in [0.4, 0.5) is 0 Å². The summed E-state index contributed by atoms with van der Waals surface area (Å²) in [5.41, 5.74) is 1.64. The molecule has 0 saturated carbocycles. The zero-order valence-corrected chi connectivity index (χ0v) is 10.6. The molecular formula is C12H20N2O3. The van der Waals surface area contributed by atoms with Crippen molar-refractivity contribution in [1.29, 1.82) is 0 Å². The second-order valence-electron chi connectivity index (χ2n) is 4.06. The largest absolute Gasteiger partial charge is 0.396 e. The first-order chi connectivity index (χ1) is 8.10. The molecule has 1 unspecified atom stereocenters. The summed E-state index contributed by atoms with van der Waals surface area (Å²) >= 11 is 0. The number of nitrogens with one attached hydrogen (secondary N) is 1. The number of ether oxygens (including phenoxy) is 1. The van der Waals surface area contributed by atoms with Gasteiger partial charge in [0.25, 0.3) is 5.91 Å². The van der Waals surface area contributed by atoms with Crippen molar-refractivity contribution in [1.82, 2.24) is 9.88 Å². The molecule has 0 aliphatic carbocycles. The van der Waals surface area contributed by atoms with Gasteiger partial charge < -0.3 is 19.7 Å². The third-order valence-corrected chi connectivity index (χ3v) is 2.79. The smallest absolute Gasteiger partial charge is 0.268 e. The maximum Gasteiger partial charge on any atom is 0.268 e. The van der Waals surface area contributed by atoms with Gasteiger partial charge in [-0.1, -0.05) is 0 Å². The van der Waals surface area contributed by atoms with Crippen molar-refractivity contribution < 1.29 is 14.6 Å². The van der Waals surface area contributed by atoms with E-state index in [9.17, 15) is 4.79 Å². The Morgan fingerprint density at radius 3 is 2.76 bits per heavy atom. The Morgan fingerprint density at radius 1 is 1.59 bits per heavy atom. The summed E-state index contributed by atoms with van der Waals surface area (Å²) < 4.78 is 6.83. The minimum absolute atomic E-state index is 0.0282. The lowest BCUT2D eigenvalue weighted by molar-refractivity contribution is 0.0870. The highest BCUT2D eigenvalue weighted by atomic mass is 16.5. The van der Waals surface area contributed by atoms with Gasteiger partial charge in [0.05, 0.1) is 12.6 Å². The van der Waals surface area contributed by atoms with Gasteiger partial charge in [0.1, 0.15) is 5.69 Å². The van der Waals surface area contributed by atoms with Crippen LogP contribution in [-0.4, -0.2) is 41.9 Å². The highest BCUT2D eigenvalue weighted by Crippen LogP contribution is 2.06. The van der Waals surface area contributed by atoms with Gasteiger partial charge in [-0.25, -0.2) is 0 Å². The average molecular weight is 240 g/mol. The number of hydrogen-bond acceptors (Lipinski definition) is 3. The number of carbonyl (C=O) groups excluding carboxylic acids is 1. The fourth-order valence-electron chi connectivity index (χ4n) is 1.65. The van der Waals surface area contributed by atoms with Crippen LogP contribution in [0, 0.1) is 6.92 Å². The molecule has 1 aromatic rings. The maximum absolute atomic E-state index is 12.0. The summed E-state index contributed by atoms with van der Waals surface area (Å²) in [7, 11) is 3.42. The summed E-state index contributed by atoms with van der Waals surface area (Å²) in [6, 6.07) is 3.52. The van der Waals surface area contributed by atoms with Crippen molar-refractivity contribution in [3.05, 3.63) is 23.5 Å². The maximum atomic E-state index is 12.0. The standard InChI is InChI=1S/C12H20N2O3/c1-9-4-5-11(14(9)2)12(16)13-10(6-7-15)8-17-3/h4-5,10,15H,6-8H2,1-3H3,(H,13,16). The van der Waals surface area contributed by atoms with Crippen LogP contribution in [0.15, 0.2) is 12.1 Å². The molecule has 1 atom stereocenters. The van der Waals surface area contributed by atoms with E-state index in [1.54, 1.807) is 13.2 Å². The molecule has 1 amide bonds. The van der Waals surface area contributed by atoms with E-state index in [4.69, 9.17) is 9.84 Å². The van der Waals surface area contributed by atoms with E-state index < -0.39 is 0 Å². The lowest BCUT2D eigenvalue weighted by Gasteiger charge is -2.17. The third-order valence-electron chi connectivity index (χ3n) is 2.79. The average Bonchev–Trinajstić information content (AvgIpc) is 2.60. The predicted molar refractivity (Wildman–Crippen MR) is 65.0 cm³/mol. The van der Waals surface area contributed by atoms with Crippen LogP contribution in [0.3, 0.4) is 0 Å². The molecule has 0 saturated heterocycles. The molecule has 1 aromatic heterocycles. The lowest BCUT2D eigenvalue weighted by Crippen LogP contribution is -2.39. The minimum Gasteiger partial charge on any atom is -0.396 e. The van der Waals surface area contributed by atoms with E-state index in [-0.39, 0.29) is 18.6 Å². The van der Waals surface area contributed by atoms with Crippen LogP contribution in [0.25, 0.3) is 0 Å². The van der Waals surface area contributed by atoms with E-state index in [1.165, 1.54) is 0 Å². The van der Waals surface area contributed by atoms with Crippen LogP contribution in [0.5, 0.6) is 0 Å². The third kappa shape index (κ3) is 3.57. The van der Waals surface area contributed by atoms with Gasteiger partial charge in [-0.05, 0) is 25.5 Å². The molecule has 0 aromatic carbocycles. The summed E-state index contributed by atoms with van der Waals surface area (Å²) in [6.45, 7) is 2.37. The van der Waals surface area contributed by atoms with E-state index in [0.717, 1.165) is 5.69 Å². The van der Waals surface area contributed by atoms with Crippen LogP contribution in [0.2, 0.25) is 0 Å². The number of rotatable bonds is 6. The molecule has 1 heterocycles. The summed E-state index contributed by atoms with van der Waals surface area (Å²) in [5.74, 6) is -0.142. The predicted octanol–water partition coefficient (Wildman–Crippen LogP) is 0.461. The van der Waals surface area contributed by atoms with Crippen molar-refractivity contribution in [2.45, 2.75) is 19.4 Å². The van der Waals surface area contributed by atoms with Gasteiger partial charge in [0.2, 0.25) is 0 Å². The number of aliphatic hydroxyl groups is 1. The second-order valence-corrected chi connectivity index (χ2v) is 4.06. The van der Waals surface area contributed by atoms with Crippen molar-refractivity contribution >= 4 is 5.91 Å². The number of amides is 1. The molecule has 17 heavy (non-hydrogen) atoms. The number of nitrogens with zero attached hydrogens (tertiary/aromatic N) is 1. The lowest BCUT2D eigenvalue weighted by atomic mass is 10.2.